The number of halogens is 1. The number of carbonyl (C=O) groups excluding carboxylic acids is 1. The summed E-state index contributed by atoms with van der Waals surface area (Å²) in [5.41, 5.74) is 4.91. The van der Waals surface area contributed by atoms with Crippen molar-refractivity contribution in [1.29, 1.82) is 0 Å². The maximum absolute atomic E-state index is 14.5. The third-order valence-corrected chi connectivity index (χ3v) is 6.20. The third kappa shape index (κ3) is 4.15. The van der Waals surface area contributed by atoms with Gasteiger partial charge in [0.2, 0.25) is 5.91 Å². The number of hydrogen-bond acceptors (Lipinski definition) is 6. The van der Waals surface area contributed by atoms with E-state index in [-0.39, 0.29) is 11.7 Å². The van der Waals surface area contributed by atoms with E-state index in [4.69, 9.17) is 4.98 Å². The number of hydrogen-bond donors (Lipinski definition) is 3. The van der Waals surface area contributed by atoms with Gasteiger partial charge in [-0.3, -0.25) is 14.9 Å². The molecule has 10 heteroatoms. The van der Waals surface area contributed by atoms with Gasteiger partial charge in [0.25, 0.3) is 0 Å². The summed E-state index contributed by atoms with van der Waals surface area (Å²) in [4.78, 5) is 33.6. The van der Waals surface area contributed by atoms with Crippen LogP contribution in [0.3, 0.4) is 0 Å². The summed E-state index contributed by atoms with van der Waals surface area (Å²) >= 11 is 0. The molecular formula is C28H23FN8O. The van der Waals surface area contributed by atoms with Gasteiger partial charge < -0.3 is 10.3 Å². The number of nitrogens with zero attached hydrogens (tertiary/aromatic N) is 5. The van der Waals surface area contributed by atoms with Crippen molar-refractivity contribution < 1.29 is 9.18 Å². The molecule has 0 saturated carbocycles. The number of rotatable bonds is 4. The van der Waals surface area contributed by atoms with E-state index >= 15 is 0 Å². The molecule has 0 atom stereocenters. The normalized spacial score (nSPS) is 11.8. The van der Waals surface area contributed by atoms with Crippen molar-refractivity contribution >= 4 is 33.8 Å². The van der Waals surface area contributed by atoms with E-state index in [0.717, 1.165) is 16.5 Å². The van der Waals surface area contributed by atoms with Gasteiger partial charge in [0.05, 0.1) is 17.3 Å². The maximum atomic E-state index is 14.5. The van der Waals surface area contributed by atoms with Crippen LogP contribution in [-0.2, 0) is 4.79 Å². The number of H-pyrrole nitrogens is 2. The number of aromatic nitrogens is 7. The van der Waals surface area contributed by atoms with Gasteiger partial charge in [0.15, 0.2) is 17.1 Å². The first-order chi connectivity index (χ1) is 18.3. The van der Waals surface area contributed by atoms with Crippen molar-refractivity contribution in [1.82, 2.24) is 35.1 Å². The average molecular weight is 507 g/mol. The van der Waals surface area contributed by atoms with Crippen LogP contribution in [0.1, 0.15) is 20.8 Å². The second-order valence-electron chi connectivity index (χ2n) is 9.98. The Balaban J connectivity index is 1.41. The summed E-state index contributed by atoms with van der Waals surface area (Å²) in [5, 5.41) is 11.0. The Morgan fingerprint density at radius 2 is 1.76 bits per heavy atom. The number of pyridine rings is 3. The molecule has 6 aromatic rings. The number of carbonyl (C=O) groups is 1. The second kappa shape index (κ2) is 8.84. The Morgan fingerprint density at radius 3 is 2.58 bits per heavy atom. The first-order valence-corrected chi connectivity index (χ1v) is 12.0. The first kappa shape index (κ1) is 23.4. The highest BCUT2D eigenvalue weighted by molar-refractivity contribution is 5.97. The van der Waals surface area contributed by atoms with E-state index in [2.05, 4.69) is 35.5 Å². The van der Waals surface area contributed by atoms with Crippen molar-refractivity contribution in [3.8, 4) is 33.8 Å². The van der Waals surface area contributed by atoms with E-state index in [1.807, 2.05) is 32.9 Å². The predicted molar refractivity (Wildman–Crippen MR) is 143 cm³/mol. The molecule has 5 heterocycles. The maximum Gasteiger partial charge on any atom is 0.229 e. The van der Waals surface area contributed by atoms with Gasteiger partial charge in [-0.05, 0) is 24.3 Å². The summed E-state index contributed by atoms with van der Waals surface area (Å²) in [7, 11) is 0. The van der Waals surface area contributed by atoms with Gasteiger partial charge in [-0.15, -0.1) is 0 Å². The number of anilines is 1. The van der Waals surface area contributed by atoms with Gasteiger partial charge in [0.1, 0.15) is 17.0 Å². The first-order valence-electron chi connectivity index (χ1n) is 12.0. The number of imidazole rings is 1. The number of aromatic amines is 2. The van der Waals surface area contributed by atoms with Crippen molar-refractivity contribution in [2.24, 2.45) is 5.41 Å². The molecule has 1 aromatic carbocycles. The molecule has 5 aromatic heterocycles. The van der Waals surface area contributed by atoms with Crippen molar-refractivity contribution in [2.75, 3.05) is 5.32 Å². The van der Waals surface area contributed by atoms with E-state index in [0.29, 0.717) is 45.1 Å². The number of amides is 1. The second-order valence-corrected chi connectivity index (χ2v) is 9.98. The predicted octanol–water partition coefficient (Wildman–Crippen LogP) is 5.75. The van der Waals surface area contributed by atoms with Crippen LogP contribution in [0.25, 0.3) is 56.0 Å². The van der Waals surface area contributed by atoms with E-state index in [1.165, 1.54) is 6.07 Å². The number of fused-ring (bicyclic) bond motifs is 2. The fraction of sp³-hybridized carbons (Fsp3) is 0.143. The molecular weight excluding hydrogens is 483 g/mol. The Labute approximate surface area is 216 Å². The van der Waals surface area contributed by atoms with Crippen LogP contribution in [0.15, 0.2) is 67.3 Å². The van der Waals surface area contributed by atoms with Gasteiger partial charge in [-0.2, -0.15) is 5.10 Å². The molecule has 0 unspecified atom stereocenters. The standard InChI is InChI=1S/C28H23FN8O/c1-28(2,3)27(38)33-17-10-15(12-30-14-17)16-11-20-23(36-37-24(20)32-13-16)26-34-22-19(8-9-31-25(22)35-26)18-6-4-5-7-21(18)29/h4-14H,1-3H3,(H,33,38)(H,31,34,35)(H,32,36,37). The lowest BCUT2D eigenvalue weighted by molar-refractivity contribution is -0.123. The zero-order valence-electron chi connectivity index (χ0n) is 20.9. The lowest BCUT2D eigenvalue weighted by Crippen LogP contribution is -2.27. The van der Waals surface area contributed by atoms with Crippen LogP contribution in [0.2, 0.25) is 0 Å². The number of benzene rings is 1. The van der Waals surface area contributed by atoms with Crippen molar-refractivity contribution in [3.63, 3.8) is 0 Å². The third-order valence-electron chi connectivity index (χ3n) is 6.20. The lowest BCUT2D eigenvalue weighted by Gasteiger charge is -2.17. The minimum Gasteiger partial charge on any atom is -0.324 e. The highest BCUT2D eigenvalue weighted by Crippen LogP contribution is 2.33. The van der Waals surface area contributed by atoms with E-state index in [1.54, 1.807) is 49.1 Å². The monoisotopic (exact) mass is 506 g/mol. The molecule has 0 aliphatic carbocycles. The van der Waals surface area contributed by atoms with Crippen molar-refractivity contribution in [2.45, 2.75) is 20.8 Å². The molecule has 6 rings (SSSR count). The van der Waals surface area contributed by atoms with E-state index in [9.17, 15) is 9.18 Å². The topological polar surface area (TPSA) is 125 Å². The van der Waals surface area contributed by atoms with Gasteiger partial charge >= 0.3 is 0 Å². The van der Waals surface area contributed by atoms with Crippen molar-refractivity contribution in [3.05, 3.63) is 73.1 Å². The minimum atomic E-state index is -0.532. The Morgan fingerprint density at radius 1 is 0.947 bits per heavy atom. The van der Waals surface area contributed by atoms with Crippen LogP contribution >= 0.6 is 0 Å². The molecule has 3 N–H and O–H groups in total. The van der Waals surface area contributed by atoms with Gasteiger partial charge in [-0.25, -0.2) is 19.3 Å². The molecule has 0 saturated heterocycles. The van der Waals surface area contributed by atoms with Crippen LogP contribution < -0.4 is 5.32 Å². The molecule has 9 nitrogen and oxygen atoms in total. The Kier molecular flexibility index (Phi) is 5.45. The highest BCUT2D eigenvalue weighted by Gasteiger charge is 2.22. The summed E-state index contributed by atoms with van der Waals surface area (Å²) in [6.45, 7) is 5.56. The zero-order valence-corrected chi connectivity index (χ0v) is 20.9. The number of nitrogens with one attached hydrogen (secondary N) is 3. The molecule has 188 valence electrons. The zero-order chi connectivity index (χ0) is 26.4. The fourth-order valence-corrected chi connectivity index (χ4v) is 4.15. The molecule has 1 amide bonds. The summed E-state index contributed by atoms with van der Waals surface area (Å²) < 4.78 is 14.5. The quantitative estimate of drug-likeness (QED) is 0.280. The Hall–Kier alpha value is -4.99. The molecule has 0 spiro atoms. The average Bonchev–Trinajstić information content (AvgIpc) is 3.52. The summed E-state index contributed by atoms with van der Waals surface area (Å²) in [6.07, 6.45) is 6.65. The highest BCUT2D eigenvalue weighted by atomic mass is 19.1. The van der Waals surface area contributed by atoms with Crippen LogP contribution in [0.4, 0.5) is 10.1 Å². The van der Waals surface area contributed by atoms with Gasteiger partial charge in [-0.1, -0.05) is 39.0 Å². The van der Waals surface area contributed by atoms with E-state index < -0.39 is 5.41 Å². The molecule has 38 heavy (non-hydrogen) atoms. The Bertz CT molecular complexity index is 1830. The SMILES string of the molecule is CC(C)(C)C(=O)Nc1cncc(-c2cnc3[nH]nc(-c4nc5c(-c6ccccc6F)ccnc5[nH]4)c3c2)c1. The largest absolute Gasteiger partial charge is 0.324 e. The van der Waals surface area contributed by atoms with Gasteiger partial charge in [0, 0.05) is 46.3 Å². The molecule has 0 bridgehead atoms. The lowest BCUT2D eigenvalue weighted by atomic mass is 9.95. The van der Waals surface area contributed by atoms with Crippen LogP contribution in [0, 0.1) is 11.2 Å². The fourth-order valence-electron chi connectivity index (χ4n) is 4.15. The van der Waals surface area contributed by atoms with Crippen LogP contribution in [0.5, 0.6) is 0 Å². The minimum absolute atomic E-state index is 0.101. The van der Waals surface area contributed by atoms with Crippen LogP contribution in [-0.4, -0.2) is 41.0 Å². The summed E-state index contributed by atoms with van der Waals surface area (Å²) in [6, 6.07) is 12.1. The molecule has 0 aliphatic rings. The molecule has 0 aliphatic heterocycles. The summed E-state index contributed by atoms with van der Waals surface area (Å²) in [5.74, 6) is 0.0411. The smallest absolute Gasteiger partial charge is 0.229 e. The molecule has 0 fully saturated rings. The molecule has 0 radical (unpaired) electrons.